The number of carbonyl (C=O) groups excluding carboxylic acids is 2. The molecule has 0 aliphatic carbocycles. The minimum atomic E-state index is -0.0903. The van der Waals surface area contributed by atoms with E-state index in [9.17, 15) is 9.59 Å². The summed E-state index contributed by atoms with van der Waals surface area (Å²) in [5.74, 6) is 0.816. The Morgan fingerprint density at radius 2 is 0.655 bits per heavy atom. The Hall–Kier alpha value is -0.0813. The number of hydrogen-bond acceptors (Lipinski definition) is 4. The fourth-order valence-electron chi connectivity index (χ4n) is 5.14. The van der Waals surface area contributed by atoms with Crippen LogP contribution in [0.3, 0.4) is 0 Å². The van der Waals surface area contributed by atoms with Crippen LogP contribution in [-0.4, -0.2) is 60.6 Å². The minimum Gasteiger partial charge on any atom is -0.465 e. The second-order valence-corrected chi connectivity index (χ2v) is 15.0. The van der Waals surface area contributed by atoms with Crippen LogP contribution in [-0.2, 0) is 19.1 Å². The van der Waals surface area contributed by atoms with Crippen molar-refractivity contribution in [1.29, 1.82) is 0 Å². The van der Waals surface area contributed by atoms with Crippen molar-refractivity contribution in [3.8, 4) is 0 Å². The smallest absolute Gasteiger partial charge is 0.305 e. The van der Waals surface area contributed by atoms with E-state index in [4.69, 9.17) is 34.7 Å². The van der Waals surface area contributed by atoms with E-state index in [2.05, 4.69) is 65.8 Å². The van der Waals surface area contributed by atoms with Gasteiger partial charge in [0.05, 0.1) is 0 Å². The standard InChI is InChI=1S/2C20H37O2S.2C4H9.Sn/c2*1-2-3-4-5-6-7-8-9-10-11-12-13-14-15-16-17-20(21)22-18-19-23;2*1-3-4-2;/h2*9-10H,2-8,11-19H2,1H3;2*1,3-4H2,2H3;/b2*10-9+;;;. The second-order valence-electron chi connectivity index (χ2n) is 14.2. The van der Waals surface area contributed by atoms with Crippen LogP contribution in [0, 0.1) is 13.8 Å². The van der Waals surface area contributed by atoms with Crippen molar-refractivity contribution in [2.75, 3.05) is 24.7 Å². The number of rotatable bonds is 36. The van der Waals surface area contributed by atoms with Gasteiger partial charge in [0.25, 0.3) is 0 Å². The molecule has 0 N–H and O–H groups in total. The molecule has 7 heteroatoms. The summed E-state index contributed by atoms with van der Waals surface area (Å²) in [5.41, 5.74) is 0. The predicted molar refractivity (Wildman–Crippen MR) is 252 cm³/mol. The van der Waals surface area contributed by atoms with Gasteiger partial charge >= 0.3 is 11.9 Å². The Kier molecular flexibility index (Phi) is 76.6. The van der Waals surface area contributed by atoms with E-state index in [0.29, 0.717) is 37.6 Å². The number of allylic oxidation sites excluding steroid dienone is 4. The molecule has 0 saturated heterocycles. The van der Waals surface area contributed by atoms with Gasteiger partial charge in [0.2, 0.25) is 0 Å². The van der Waals surface area contributed by atoms with Crippen LogP contribution >= 0.6 is 25.3 Å². The molecule has 0 saturated carbocycles. The van der Waals surface area contributed by atoms with Crippen LogP contribution in [0.2, 0.25) is 0 Å². The molecule has 8 radical (unpaired) electrons. The van der Waals surface area contributed by atoms with Crippen LogP contribution in [0.4, 0.5) is 0 Å². The molecule has 0 atom stereocenters. The first-order chi connectivity index (χ1) is 26.4. The second kappa shape index (κ2) is 65.8. The van der Waals surface area contributed by atoms with Crippen molar-refractivity contribution >= 4 is 61.1 Å². The van der Waals surface area contributed by atoms with Gasteiger partial charge in [-0.1, -0.05) is 220 Å². The zero-order valence-corrected chi connectivity index (χ0v) is 41.6. The van der Waals surface area contributed by atoms with E-state index in [0.717, 1.165) is 38.5 Å². The molecule has 0 aromatic heterocycles. The Bertz CT molecular complexity index is 669. The summed E-state index contributed by atoms with van der Waals surface area (Å²) in [6.45, 7) is 16.8. The molecular weight excluding hydrogens is 823 g/mol. The quantitative estimate of drug-likeness (QED) is 0.0272. The SMILES string of the molecule is CCCCCCCC/C=C/CCCCCCCC(=O)OCC[S].CCCCCCCC/C=C/CCCCCCCC(=O)OCC[S].[CH2]CCC.[CH2]CCC.[Sn]. The maximum Gasteiger partial charge on any atom is 0.305 e. The average Bonchev–Trinajstić information content (AvgIpc) is 3.19. The number of unbranched alkanes of at least 4 members (excludes halogenated alkanes) is 24. The molecule has 0 spiro atoms. The van der Waals surface area contributed by atoms with E-state index in [1.165, 1.54) is 154 Å². The summed E-state index contributed by atoms with van der Waals surface area (Å²) in [7, 11) is 0. The minimum absolute atomic E-state index is 0. The van der Waals surface area contributed by atoms with Gasteiger partial charge in [-0.05, 0) is 64.2 Å². The molecular formula is C48H92O4S2Sn. The Labute approximate surface area is 373 Å². The van der Waals surface area contributed by atoms with Gasteiger partial charge in [-0.25, -0.2) is 0 Å². The van der Waals surface area contributed by atoms with E-state index in [-0.39, 0.29) is 35.8 Å². The maximum absolute atomic E-state index is 11.3. The molecule has 0 unspecified atom stereocenters. The van der Waals surface area contributed by atoms with Gasteiger partial charge in [-0.3, -0.25) is 9.59 Å². The van der Waals surface area contributed by atoms with Crippen LogP contribution < -0.4 is 0 Å². The zero-order valence-electron chi connectivity index (χ0n) is 37.1. The summed E-state index contributed by atoms with van der Waals surface area (Å²) in [6, 6.07) is 0. The summed E-state index contributed by atoms with van der Waals surface area (Å²) in [6.07, 6.45) is 48.2. The van der Waals surface area contributed by atoms with Gasteiger partial charge in [-0.2, -0.15) is 0 Å². The first kappa shape index (κ1) is 64.1. The molecule has 324 valence electrons. The molecule has 4 nitrogen and oxygen atoms in total. The van der Waals surface area contributed by atoms with Crippen molar-refractivity contribution in [1.82, 2.24) is 0 Å². The first-order valence-electron chi connectivity index (χ1n) is 22.8. The summed E-state index contributed by atoms with van der Waals surface area (Å²) >= 11 is 9.47. The number of hydrogen-bond donors (Lipinski definition) is 0. The van der Waals surface area contributed by atoms with Gasteiger partial charge in [0.1, 0.15) is 13.2 Å². The molecule has 0 rings (SSSR count). The molecule has 0 fully saturated rings. The van der Waals surface area contributed by atoms with Gasteiger partial charge in [-0.15, -0.1) is 0 Å². The molecule has 0 amide bonds. The van der Waals surface area contributed by atoms with E-state index in [1.807, 2.05) is 0 Å². The molecule has 0 aliphatic heterocycles. The molecule has 55 heavy (non-hydrogen) atoms. The summed E-state index contributed by atoms with van der Waals surface area (Å²) in [5, 5.41) is 0. The topological polar surface area (TPSA) is 52.6 Å². The van der Waals surface area contributed by atoms with Crippen LogP contribution in [0.1, 0.15) is 233 Å². The third kappa shape index (κ3) is 75.4. The molecule has 0 heterocycles. The van der Waals surface area contributed by atoms with Crippen LogP contribution in [0.15, 0.2) is 24.3 Å². The molecule has 0 aromatic rings. The number of ether oxygens (including phenoxy) is 2. The fraction of sp³-hybridized carbons (Fsp3) is 0.833. The fourth-order valence-corrected chi connectivity index (χ4v) is 5.30. The van der Waals surface area contributed by atoms with Crippen LogP contribution in [0.25, 0.3) is 0 Å². The molecule has 0 bridgehead atoms. The molecule has 0 aromatic carbocycles. The van der Waals surface area contributed by atoms with E-state index in [1.54, 1.807) is 0 Å². The van der Waals surface area contributed by atoms with Gasteiger partial charge < -0.3 is 9.47 Å². The van der Waals surface area contributed by atoms with Crippen molar-refractivity contribution in [2.24, 2.45) is 0 Å². The summed E-state index contributed by atoms with van der Waals surface area (Å²) in [4.78, 5) is 22.5. The monoisotopic (exact) mass is 917 g/mol. The van der Waals surface area contributed by atoms with E-state index < -0.39 is 0 Å². The Morgan fingerprint density at radius 1 is 0.418 bits per heavy atom. The van der Waals surface area contributed by atoms with Crippen molar-refractivity contribution in [3.05, 3.63) is 38.2 Å². The zero-order chi connectivity index (χ0) is 40.9. The van der Waals surface area contributed by atoms with Crippen molar-refractivity contribution in [3.63, 3.8) is 0 Å². The Balaban J connectivity index is -0.000000249. The third-order valence-corrected chi connectivity index (χ3v) is 9.02. The predicted octanol–water partition coefficient (Wildman–Crippen LogP) is 16.4. The van der Waals surface area contributed by atoms with Gasteiger partial charge in [0, 0.05) is 48.3 Å². The normalized spacial score (nSPS) is 10.5. The van der Waals surface area contributed by atoms with Crippen LogP contribution in [0.5, 0.6) is 0 Å². The Morgan fingerprint density at radius 3 is 0.891 bits per heavy atom. The van der Waals surface area contributed by atoms with Crippen molar-refractivity contribution in [2.45, 2.75) is 233 Å². The third-order valence-electron chi connectivity index (χ3n) is 8.69. The molecule has 0 aliphatic rings. The summed E-state index contributed by atoms with van der Waals surface area (Å²) < 4.78 is 9.92. The van der Waals surface area contributed by atoms with E-state index >= 15 is 0 Å². The number of carbonyl (C=O) groups is 2. The number of esters is 2. The first-order valence-corrected chi connectivity index (χ1v) is 24.0. The maximum atomic E-state index is 11.3. The van der Waals surface area contributed by atoms with Crippen molar-refractivity contribution < 1.29 is 19.1 Å². The average molecular weight is 916 g/mol. The van der Waals surface area contributed by atoms with Gasteiger partial charge in [0.15, 0.2) is 0 Å². The largest absolute Gasteiger partial charge is 0.465 e.